The van der Waals surface area contributed by atoms with Gasteiger partial charge in [-0.2, -0.15) is 18.3 Å². The Morgan fingerprint density at radius 3 is 2.74 bits per heavy atom. The number of ether oxygens (including phenoxy) is 1. The molecule has 0 bridgehead atoms. The van der Waals surface area contributed by atoms with Crippen molar-refractivity contribution in [1.82, 2.24) is 14.6 Å². The van der Waals surface area contributed by atoms with Crippen LogP contribution in [0, 0.1) is 0 Å². The van der Waals surface area contributed by atoms with E-state index in [0.717, 1.165) is 11.8 Å². The predicted molar refractivity (Wildman–Crippen MR) is 78.0 cm³/mol. The summed E-state index contributed by atoms with van der Waals surface area (Å²) < 4.78 is 45.1. The maximum atomic E-state index is 12.9. The minimum Gasteiger partial charge on any atom is -0.481 e. The van der Waals surface area contributed by atoms with Gasteiger partial charge in [0.1, 0.15) is 6.04 Å². The summed E-state index contributed by atoms with van der Waals surface area (Å²) in [4.78, 5) is 4.01. The summed E-state index contributed by atoms with van der Waals surface area (Å²) in [6.07, 6.45) is -1.83. The molecule has 3 aromatic rings. The van der Waals surface area contributed by atoms with Crippen LogP contribution in [0.2, 0.25) is 0 Å². The van der Waals surface area contributed by atoms with E-state index in [1.54, 1.807) is 36.5 Å². The van der Waals surface area contributed by atoms with Crippen LogP contribution < -0.4 is 10.5 Å². The first-order chi connectivity index (χ1) is 10.9. The smallest absolute Gasteiger partial charge is 0.407 e. The quantitative estimate of drug-likeness (QED) is 0.805. The van der Waals surface area contributed by atoms with Gasteiger partial charge in [0.2, 0.25) is 5.88 Å². The third-order valence-corrected chi connectivity index (χ3v) is 3.50. The molecule has 3 aromatic heterocycles. The minimum absolute atomic E-state index is 0.0691. The van der Waals surface area contributed by atoms with E-state index >= 15 is 0 Å². The van der Waals surface area contributed by atoms with Crippen LogP contribution in [0.15, 0.2) is 42.7 Å². The van der Waals surface area contributed by atoms with Gasteiger partial charge in [-0.25, -0.2) is 9.50 Å². The molecule has 1 unspecified atom stereocenters. The third kappa shape index (κ3) is 2.72. The van der Waals surface area contributed by atoms with Crippen LogP contribution in [-0.2, 0) is 0 Å². The lowest BCUT2D eigenvalue weighted by molar-refractivity contribution is -0.148. The highest BCUT2D eigenvalue weighted by atomic mass is 19.4. The summed E-state index contributed by atoms with van der Waals surface area (Å²) in [6.45, 7) is 0. The second-order valence-corrected chi connectivity index (χ2v) is 4.91. The molecule has 0 saturated carbocycles. The van der Waals surface area contributed by atoms with E-state index in [1.807, 2.05) is 0 Å². The van der Waals surface area contributed by atoms with Crippen LogP contribution in [0.5, 0.6) is 5.88 Å². The number of halogens is 3. The Balaban J connectivity index is 2.15. The fraction of sp³-hybridized carbons (Fsp3) is 0.200. The van der Waals surface area contributed by atoms with Crippen LogP contribution in [0.4, 0.5) is 13.2 Å². The minimum atomic E-state index is -4.53. The highest BCUT2D eigenvalue weighted by Gasteiger charge is 2.39. The third-order valence-electron chi connectivity index (χ3n) is 3.50. The lowest BCUT2D eigenvalue weighted by Crippen LogP contribution is -2.28. The molecule has 23 heavy (non-hydrogen) atoms. The molecule has 8 heteroatoms. The van der Waals surface area contributed by atoms with Crippen molar-refractivity contribution in [2.24, 2.45) is 5.73 Å². The normalized spacial score (nSPS) is 13.3. The Labute approximate surface area is 129 Å². The Bertz CT molecular complexity index is 844. The zero-order valence-electron chi connectivity index (χ0n) is 12.1. The maximum Gasteiger partial charge on any atom is 0.407 e. The number of pyridine rings is 2. The highest BCUT2D eigenvalue weighted by molar-refractivity contribution is 5.67. The lowest BCUT2D eigenvalue weighted by Gasteiger charge is -2.14. The number of alkyl halides is 3. The van der Waals surface area contributed by atoms with Crippen LogP contribution in [0.25, 0.3) is 16.8 Å². The van der Waals surface area contributed by atoms with Crippen molar-refractivity contribution in [1.29, 1.82) is 0 Å². The Kier molecular flexibility index (Phi) is 3.69. The Morgan fingerprint density at radius 2 is 2.04 bits per heavy atom. The molecule has 120 valence electrons. The number of rotatable bonds is 3. The first-order valence-corrected chi connectivity index (χ1v) is 6.71. The second-order valence-electron chi connectivity index (χ2n) is 4.91. The molecule has 0 aromatic carbocycles. The topological polar surface area (TPSA) is 65.4 Å². The summed E-state index contributed by atoms with van der Waals surface area (Å²) in [5, 5.41) is 4.06. The van der Waals surface area contributed by atoms with E-state index in [0.29, 0.717) is 17.1 Å². The number of aromatic nitrogens is 3. The van der Waals surface area contributed by atoms with Crippen molar-refractivity contribution >= 4 is 5.52 Å². The first kappa shape index (κ1) is 15.3. The molecule has 0 spiro atoms. The molecular weight excluding hydrogens is 309 g/mol. The SMILES string of the molecule is COc1cc(-c2cccc3c(C(N)C(F)(F)F)cnn23)ccn1. The number of nitrogens with two attached hydrogens (primary N) is 1. The summed E-state index contributed by atoms with van der Waals surface area (Å²) >= 11 is 0. The molecule has 0 amide bonds. The average Bonchev–Trinajstić information content (AvgIpc) is 2.97. The number of hydrogen-bond acceptors (Lipinski definition) is 4. The average molecular weight is 322 g/mol. The van der Waals surface area contributed by atoms with Crippen molar-refractivity contribution in [3.8, 4) is 17.1 Å². The van der Waals surface area contributed by atoms with Gasteiger partial charge in [-0.1, -0.05) is 6.07 Å². The molecule has 1 atom stereocenters. The standard InChI is InChI=1S/C15H13F3N4O/c1-23-13-7-9(5-6-20-13)11-3-2-4-12-10(8-21-22(11)12)14(19)15(16,17)18/h2-8,14H,19H2,1H3. The molecule has 0 saturated heterocycles. The maximum absolute atomic E-state index is 12.9. The summed E-state index contributed by atoms with van der Waals surface area (Å²) in [5.41, 5.74) is 6.88. The monoisotopic (exact) mass is 322 g/mol. The molecular formula is C15H13F3N4O. The molecule has 0 radical (unpaired) electrons. The predicted octanol–water partition coefficient (Wildman–Crippen LogP) is 2.97. The van der Waals surface area contributed by atoms with Crippen molar-refractivity contribution < 1.29 is 17.9 Å². The van der Waals surface area contributed by atoms with Crippen molar-refractivity contribution in [3.63, 3.8) is 0 Å². The molecule has 3 heterocycles. The van der Waals surface area contributed by atoms with E-state index in [1.165, 1.54) is 11.6 Å². The number of hydrogen-bond donors (Lipinski definition) is 1. The van der Waals surface area contributed by atoms with E-state index in [2.05, 4.69) is 10.1 Å². The van der Waals surface area contributed by atoms with E-state index in [4.69, 9.17) is 10.5 Å². The van der Waals surface area contributed by atoms with Crippen LogP contribution >= 0.6 is 0 Å². The summed E-state index contributed by atoms with van der Waals surface area (Å²) in [6, 6.07) is 6.28. The van der Waals surface area contributed by atoms with Gasteiger partial charge in [-0.3, -0.25) is 0 Å². The fourth-order valence-electron chi connectivity index (χ4n) is 2.35. The molecule has 0 aliphatic heterocycles. The molecule has 0 fully saturated rings. The number of methoxy groups -OCH3 is 1. The number of nitrogens with zero attached hydrogens (tertiary/aromatic N) is 3. The lowest BCUT2D eigenvalue weighted by atomic mass is 10.1. The van der Waals surface area contributed by atoms with Gasteiger partial charge in [0.25, 0.3) is 0 Å². The van der Waals surface area contributed by atoms with Gasteiger partial charge >= 0.3 is 6.18 Å². The first-order valence-electron chi connectivity index (χ1n) is 6.71. The van der Waals surface area contributed by atoms with Crippen molar-refractivity contribution in [3.05, 3.63) is 48.3 Å². The van der Waals surface area contributed by atoms with Gasteiger partial charge in [-0.15, -0.1) is 0 Å². The summed E-state index contributed by atoms with van der Waals surface area (Å²) in [7, 11) is 1.49. The van der Waals surface area contributed by atoms with Gasteiger partial charge in [-0.05, 0) is 18.2 Å². The van der Waals surface area contributed by atoms with E-state index < -0.39 is 12.2 Å². The second kappa shape index (κ2) is 5.54. The van der Waals surface area contributed by atoms with Crippen molar-refractivity contribution in [2.75, 3.05) is 7.11 Å². The molecule has 0 aliphatic carbocycles. The molecule has 5 nitrogen and oxygen atoms in total. The molecule has 2 N–H and O–H groups in total. The van der Waals surface area contributed by atoms with Crippen LogP contribution in [-0.4, -0.2) is 27.9 Å². The molecule has 3 rings (SSSR count). The van der Waals surface area contributed by atoms with Gasteiger partial charge in [0, 0.05) is 23.4 Å². The fourth-order valence-corrected chi connectivity index (χ4v) is 2.35. The van der Waals surface area contributed by atoms with Gasteiger partial charge in [0.15, 0.2) is 0 Å². The zero-order chi connectivity index (χ0) is 16.6. The Morgan fingerprint density at radius 1 is 1.26 bits per heavy atom. The van der Waals surface area contributed by atoms with E-state index in [9.17, 15) is 13.2 Å². The molecule has 0 aliphatic rings. The van der Waals surface area contributed by atoms with Gasteiger partial charge < -0.3 is 10.5 Å². The largest absolute Gasteiger partial charge is 0.481 e. The summed E-state index contributed by atoms with van der Waals surface area (Å²) in [5.74, 6) is 0.402. The van der Waals surface area contributed by atoms with Crippen molar-refractivity contribution in [2.45, 2.75) is 12.2 Å². The van der Waals surface area contributed by atoms with E-state index in [-0.39, 0.29) is 5.56 Å². The number of fused-ring (bicyclic) bond motifs is 1. The Hall–Kier alpha value is -2.61. The zero-order valence-corrected chi connectivity index (χ0v) is 12.1. The van der Waals surface area contributed by atoms with Gasteiger partial charge in [0.05, 0.1) is 24.5 Å². The highest BCUT2D eigenvalue weighted by Crippen LogP contribution is 2.33. The van der Waals surface area contributed by atoms with Crippen LogP contribution in [0.1, 0.15) is 11.6 Å². The van der Waals surface area contributed by atoms with Crippen LogP contribution in [0.3, 0.4) is 0 Å².